The molecule has 76 heavy (non-hydrogen) atoms. The standard InChI is InChI=1S/C55H71N15O5S/c1-33(2)49(54(74)69-31-41(71)25-45(69)53(73)62-34(3)37-9-11-38(12-10-37)51-35(4)61-32-76-51)47-27-48(64-75-47)67-17-13-36(14-18-67)30-65-21-23-66(24-22-65)40-28-59-55(60-29-40)68-19-15-39(16-20-68)70-44(50(57)52(58)63-70)26-43(56)42-7-5-6-8-46(42)72/h5-12,26-29,32-34,36,39,41,45,49,71-72H,13-25,30-31,56-57H2,1-4H3,(H2,58,63)(H,62,73)/b43-26-/t34-,41+,45-,49?/m0/s1. The monoisotopic (exact) mass is 1050 g/mol. The molecule has 2 aromatic carbocycles. The first-order valence-electron chi connectivity index (χ1n) is 26.6. The van der Waals surface area contributed by atoms with Crippen LogP contribution in [0.15, 0.2) is 77.0 Å². The average molecular weight is 1050 g/mol. The zero-order valence-corrected chi connectivity index (χ0v) is 44.6. The number of benzene rings is 2. The van der Waals surface area contributed by atoms with Crippen molar-refractivity contribution < 1.29 is 24.3 Å². The number of phenolic OH excluding ortho intramolecular Hbond substituents is 1. The number of nitrogens with one attached hydrogen (secondary N) is 1. The van der Waals surface area contributed by atoms with Crippen LogP contribution in [0.2, 0.25) is 0 Å². The fourth-order valence-electron chi connectivity index (χ4n) is 11.4. The van der Waals surface area contributed by atoms with Crippen molar-refractivity contribution in [2.45, 2.75) is 89.9 Å². The van der Waals surface area contributed by atoms with Gasteiger partial charge in [-0.2, -0.15) is 5.10 Å². The number of phenols is 1. The number of amides is 2. The van der Waals surface area contributed by atoms with Crippen molar-refractivity contribution in [1.29, 1.82) is 0 Å². The van der Waals surface area contributed by atoms with Gasteiger partial charge in [-0.15, -0.1) is 11.3 Å². The number of nitrogens with zero attached hydrogens (tertiary/aromatic N) is 11. The Morgan fingerprint density at radius 1 is 0.895 bits per heavy atom. The summed E-state index contributed by atoms with van der Waals surface area (Å²) in [6, 6.07) is 15.8. The van der Waals surface area contributed by atoms with Crippen LogP contribution in [0.25, 0.3) is 22.2 Å². The van der Waals surface area contributed by atoms with Crippen LogP contribution in [0, 0.1) is 18.8 Å². The number of aliphatic hydroxyl groups is 1. The fourth-order valence-corrected chi connectivity index (χ4v) is 12.2. The van der Waals surface area contributed by atoms with Crippen LogP contribution in [-0.4, -0.2) is 139 Å². The summed E-state index contributed by atoms with van der Waals surface area (Å²) in [4.78, 5) is 54.2. The lowest BCUT2D eigenvalue weighted by Crippen LogP contribution is -2.49. The number of para-hydroxylation sites is 1. The lowest BCUT2D eigenvalue weighted by Gasteiger charge is -2.39. The molecule has 0 radical (unpaired) electrons. The van der Waals surface area contributed by atoms with Gasteiger partial charge >= 0.3 is 0 Å². The highest BCUT2D eigenvalue weighted by Crippen LogP contribution is 2.36. The van der Waals surface area contributed by atoms with Crippen LogP contribution >= 0.6 is 11.3 Å². The third-order valence-corrected chi connectivity index (χ3v) is 16.8. The Morgan fingerprint density at radius 2 is 1.59 bits per heavy atom. The fraction of sp³-hybridized carbons (Fsp3) is 0.473. The number of nitrogen functional groups attached to an aromatic ring is 2. The first-order valence-corrected chi connectivity index (χ1v) is 27.5. The first-order chi connectivity index (χ1) is 36.7. The Balaban J connectivity index is 0.671. The number of β-amino-alcohol motifs (C(OH)–C–C–N with tert-alkyl or cyclic N) is 1. The molecule has 4 aromatic heterocycles. The van der Waals surface area contributed by atoms with E-state index in [-0.39, 0.29) is 54.3 Å². The number of piperazine rings is 1. The van der Waals surface area contributed by atoms with Crippen molar-refractivity contribution in [3.63, 3.8) is 0 Å². The maximum absolute atomic E-state index is 14.4. The lowest BCUT2D eigenvalue weighted by atomic mass is 9.91. The van der Waals surface area contributed by atoms with Crippen molar-refractivity contribution in [2.24, 2.45) is 17.6 Å². The van der Waals surface area contributed by atoms with E-state index in [0.29, 0.717) is 40.3 Å². The summed E-state index contributed by atoms with van der Waals surface area (Å²) in [5.41, 5.74) is 26.7. The van der Waals surface area contributed by atoms with Gasteiger partial charge in [0, 0.05) is 89.2 Å². The Labute approximate surface area is 447 Å². The Hall–Kier alpha value is -7.23. The van der Waals surface area contributed by atoms with Gasteiger partial charge in [0.2, 0.25) is 17.8 Å². The minimum absolute atomic E-state index is 0.0479. The van der Waals surface area contributed by atoms with E-state index in [9.17, 15) is 19.8 Å². The van der Waals surface area contributed by atoms with E-state index in [1.807, 2.05) is 86.7 Å². The molecule has 1 unspecified atom stereocenters. The summed E-state index contributed by atoms with van der Waals surface area (Å²) in [7, 11) is 0. The summed E-state index contributed by atoms with van der Waals surface area (Å²) >= 11 is 1.60. The Bertz CT molecular complexity index is 2990. The summed E-state index contributed by atoms with van der Waals surface area (Å²) in [5, 5.41) is 33.3. The van der Waals surface area contributed by atoms with Crippen LogP contribution in [0.1, 0.15) is 99.2 Å². The second-order valence-corrected chi connectivity index (χ2v) is 22.1. The number of carbonyl (C=O) groups excluding carboxylic acids is 2. The van der Waals surface area contributed by atoms with Crippen LogP contribution < -0.4 is 37.2 Å². The molecule has 4 aliphatic rings. The molecular formula is C55H71N15O5S. The Kier molecular flexibility index (Phi) is 15.5. The summed E-state index contributed by atoms with van der Waals surface area (Å²) in [6.45, 7) is 15.8. The molecule has 6 aromatic rings. The van der Waals surface area contributed by atoms with E-state index < -0.39 is 18.1 Å². The predicted octanol–water partition coefficient (Wildman–Crippen LogP) is 5.88. The summed E-state index contributed by atoms with van der Waals surface area (Å²) < 4.78 is 7.81. The van der Waals surface area contributed by atoms with Crippen molar-refractivity contribution in [1.82, 2.24) is 45.0 Å². The molecule has 2 amide bonds. The van der Waals surface area contributed by atoms with E-state index in [1.54, 1.807) is 35.6 Å². The summed E-state index contributed by atoms with van der Waals surface area (Å²) in [6.07, 6.45) is 8.59. The number of nitrogens with two attached hydrogens (primary N) is 3. The molecule has 4 atom stereocenters. The third-order valence-electron chi connectivity index (χ3n) is 15.8. The normalized spacial score (nSPS) is 20.2. The molecule has 0 spiro atoms. The zero-order valence-electron chi connectivity index (χ0n) is 43.8. The number of aryl methyl sites for hydroxylation is 1. The van der Waals surface area contributed by atoms with Gasteiger partial charge in [-0.25, -0.2) is 15.0 Å². The number of aromatic nitrogens is 6. The smallest absolute Gasteiger partial charge is 0.243 e. The maximum atomic E-state index is 14.4. The molecule has 0 saturated carbocycles. The molecule has 4 aliphatic heterocycles. The quantitative estimate of drug-likeness (QED) is 0.0701. The van der Waals surface area contributed by atoms with Gasteiger partial charge in [-0.05, 0) is 80.7 Å². The lowest BCUT2D eigenvalue weighted by molar-refractivity contribution is -0.141. The molecule has 10 rings (SSSR count). The minimum Gasteiger partial charge on any atom is -0.507 e. The number of aromatic hydroxyl groups is 1. The average Bonchev–Trinajstić information content (AvgIpc) is 4.25. The molecule has 402 valence electrons. The van der Waals surface area contributed by atoms with Gasteiger partial charge < -0.3 is 56.9 Å². The number of likely N-dealkylation sites (tertiary alicyclic amines) is 1. The van der Waals surface area contributed by atoms with E-state index >= 15 is 0 Å². The van der Waals surface area contributed by atoms with Gasteiger partial charge in [-0.3, -0.25) is 19.2 Å². The molecular weight excluding hydrogens is 983 g/mol. The van der Waals surface area contributed by atoms with Crippen molar-refractivity contribution in [2.75, 3.05) is 91.6 Å². The number of thiazole rings is 1. The van der Waals surface area contributed by atoms with E-state index in [4.69, 9.17) is 31.7 Å². The minimum atomic E-state index is -0.808. The predicted molar refractivity (Wildman–Crippen MR) is 296 cm³/mol. The van der Waals surface area contributed by atoms with Gasteiger partial charge in [0.05, 0.1) is 58.0 Å². The number of anilines is 5. The number of hydrogen-bond acceptors (Lipinski definition) is 18. The first kappa shape index (κ1) is 52.2. The zero-order chi connectivity index (χ0) is 53.2. The van der Waals surface area contributed by atoms with Crippen molar-refractivity contribution in [3.05, 3.63) is 101 Å². The molecule has 8 heterocycles. The molecule has 9 N–H and O–H groups in total. The van der Waals surface area contributed by atoms with E-state index in [1.165, 1.54) is 4.90 Å². The number of carbonyl (C=O) groups is 2. The van der Waals surface area contributed by atoms with Crippen LogP contribution in [0.5, 0.6) is 5.75 Å². The number of piperidine rings is 2. The van der Waals surface area contributed by atoms with Crippen LogP contribution in [-0.2, 0) is 9.59 Å². The third kappa shape index (κ3) is 11.2. The second kappa shape index (κ2) is 22.5. The molecule has 4 fully saturated rings. The number of hydrogen-bond donors (Lipinski definition) is 6. The van der Waals surface area contributed by atoms with Gasteiger partial charge in [0.1, 0.15) is 23.4 Å². The number of rotatable bonds is 15. The number of aliphatic hydroxyl groups excluding tert-OH is 1. The molecule has 0 aliphatic carbocycles. The van der Waals surface area contributed by atoms with Gasteiger partial charge in [-0.1, -0.05) is 55.4 Å². The van der Waals surface area contributed by atoms with E-state index in [0.717, 1.165) is 118 Å². The molecule has 0 bridgehead atoms. The van der Waals surface area contributed by atoms with Crippen molar-refractivity contribution >= 4 is 63.9 Å². The van der Waals surface area contributed by atoms with E-state index in [2.05, 4.69) is 40.2 Å². The summed E-state index contributed by atoms with van der Waals surface area (Å²) in [5.74, 6) is 1.45. The SMILES string of the molecule is Cc1ncsc1-c1ccc([C@H](C)NC(=O)[C@@H]2C[C@@H](O)CN2C(=O)C(c2cc(N3CCC(CN4CCN(c5cnc(N6CCC(n7nc(N)c(N)c7/C=C(\N)c7ccccc7O)CC6)nc5)CC4)CC3)no2)C(C)C)cc1. The highest BCUT2D eigenvalue weighted by Gasteiger charge is 2.44. The molecule has 21 heteroatoms. The topological polar surface area (TPSA) is 263 Å². The molecule has 4 saturated heterocycles. The highest BCUT2D eigenvalue weighted by atomic mass is 32.1. The maximum Gasteiger partial charge on any atom is 0.243 e. The highest BCUT2D eigenvalue weighted by molar-refractivity contribution is 7.13. The van der Waals surface area contributed by atoms with Crippen LogP contribution in [0.3, 0.4) is 0 Å². The Morgan fingerprint density at radius 3 is 2.26 bits per heavy atom. The largest absolute Gasteiger partial charge is 0.507 e. The van der Waals surface area contributed by atoms with Crippen LogP contribution in [0.4, 0.5) is 29.0 Å². The van der Waals surface area contributed by atoms with Crippen molar-refractivity contribution in [3.8, 4) is 16.2 Å². The van der Waals surface area contributed by atoms with Gasteiger partial charge in [0.15, 0.2) is 17.4 Å². The second-order valence-electron chi connectivity index (χ2n) is 21.2. The van der Waals surface area contributed by atoms with Gasteiger partial charge in [0.25, 0.3) is 0 Å². The molecule has 20 nitrogen and oxygen atoms in total.